The molecule has 2 nitrogen and oxygen atoms in total. The van der Waals surface area contributed by atoms with Gasteiger partial charge in [0.15, 0.2) is 0 Å². The molecule has 1 aromatic carbocycles. The molecule has 0 radical (unpaired) electrons. The van der Waals surface area contributed by atoms with Gasteiger partial charge in [-0.05, 0) is 17.0 Å². The van der Waals surface area contributed by atoms with E-state index in [-0.39, 0.29) is 0 Å². The molecule has 0 heterocycles. The van der Waals surface area contributed by atoms with Crippen molar-refractivity contribution >= 4 is 0 Å². The van der Waals surface area contributed by atoms with Crippen LogP contribution in [0.2, 0.25) is 0 Å². The van der Waals surface area contributed by atoms with Crippen molar-refractivity contribution in [3.05, 3.63) is 35.4 Å². The van der Waals surface area contributed by atoms with E-state index in [1.807, 2.05) is 0 Å². The first kappa shape index (κ1) is 10.2. The maximum Gasteiger partial charge on any atom is 0.0485 e. The maximum atomic E-state index is 9.02. The van der Waals surface area contributed by atoms with Crippen LogP contribution >= 0.6 is 0 Å². The van der Waals surface area contributed by atoms with Crippen LogP contribution in [0, 0.1) is 0 Å². The zero-order valence-electron chi connectivity index (χ0n) is 8.49. The van der Waals surface area contributed by atoms with Crippen molar-refractivity contribution in [2.45, 2.75) is 26.3 Å². The molecule has 0 aliphatic rings. The fraction of sp³-hybridized carbons (Fsp3) is 0.455. The van der Waals surface area contributed by atoms with Crippen molar-refractivity contribution in [2.75, 3.05) is 7.05 Å². The van der Waals surface area contributed by atoms with Gasteiger partial charge in [0.25, 0.3) is 0 Å². The first-order valence-corrected chi connectivity index (χ1v) is 4.58. The van der Waals surface area contributed by atoms with Crippen LogP contribution in [0.15, 0.2) is 24.3 Å². The zero-order chi connectivity index (χ0) is 9.84. The molecule has 0 amide bonds. The topological polar surface area (TPSA) is 23.5 Å². The molecule has 1 aromatic rings. The fourth-order valence-electron chi connectivity index (χ4n) is 1.27. The Bertz CT molecular complexity index is 251. The molecule has 0 fully saturated rings. The average Bonchev–Trinajstić information content (AvgIpc) is 2.04. The first-order chi connectivity index (χ1) is 6.09. The van der Waals surface area contributed by atoms with Crippen LogP contribution in [0.3, 0.4) is 0 Å². The van der Waals surface area contributed by atoms with Gasteiger partial charge in [0.05, 0.1) is 0 Å². The minimum Gasteiger partial charge on any atom is -0.314 e. The number of nitrogens with zero attached hydrogens (tertiary/aromatic N) is 1. The van der Waals surface area contributed by atoms with E-state index in [1.54, 1.807) is 7.05 Å². The lowest BCUT2D eigenvalue weighted by molar-refractivity contribution is -0.0731. The van der Waals surface area contributed by atoms with Gasteiger partial charge in [-0.3, -0.25) is 0 Å². The van der Waals surface area contributed by atoms with Crippen molar-refractivity contribution in [3.8, 4) is 0 Å². The van der Waals surface area contributed by atoms with Crippen molar-refractivity contribution in [3.63, 3.8) is 0 Å². The van der Waals surface area contributed by atoms with E-state index in [0.29, 0.717) is 12.5 Å². The number of hydroxylamine groups is 2. The summed E-state index contributed by atoms with van der Waals surface area (Å²) in [5, 5.41) is 10.2. The molecule has 72 valence electrons. The number of hydrogen-bond acceptors (Lipinski definition) is 2. The normalized spacial score (nSPS) is 11.2. The van der Waals surface area contributed by atoms with Gasteiger partial charge in [0, 0.05) is 13.6 Å². The van der Waals surface area contributed by atoms with Crippen LogP contribution in [0.4, 0.5) is 0 Å². The lowest BCUT2D eigenvalue weighted by Crippen LogP contribution is -2.11. The van der Waals surface area contributed by atoms with E-state index in [1.165, 1.54) is 10.6 Å². The molecule has 1 rings (SSSR count). The van der Waals surface area contributed by atoms with Crippen LogP contribution < -0.4 is 0 Å². The summed E-state index contributed by atoms with van der Waals surface area (Å²) in [6.07, 6.45) is 0. The Morgan fingerprint density at radius 2 is 1.77 bits per heavy atom. The Hall–Kier alpha value is -0.860. The predicted octanol–water partition coefficient (Wildman–Crippen LogP) is 2.63. The molecule has 2 heteroatoms. The highest BCUT2D eigenvalue weighted by atomic mass is 16.5. The summed E-state index contributed by atoms with van der Waals surface area (Å²) < 4.78 is 0. The summed E-state index contributed by atoms with van der Waals surface area (Å²) in [7, 11) is 1.65. The van der Waals surface area contributed by atoms with Crippen LogP contribution in [-0.4, -0.2) is 17.3 Å². The van der Waals surface area contributed by atoms with E-state index in [9.17, 15) is 0 Å². The summed E-state index contributed by atoms with van der Waals surface area (Å²) in [6.45, 7) is 4.93. The Morgan fingerprint density at radius 1 is 1.23 bits per heavy atom. The second kappa shape index (κ2) is 4.40. The van der Waals surface area contributed by atoms with Gasteiger partial charge in [0.2, 0.25) is 0 Å². The van der Waals surface area contributed by atoms with Gasteiger partial charge in [-0.2, -0.15) is 5.06 Å². The van der Waals surface area contributed by atoms with Gasteiger partial charge in [0.1, 0.15) is 0 Å². The zero-order valence-corrected chi connectivity index (χ0v) is 8.49. The van der Waals surface area contributed by atoms with Gasteiger partial charge in [-0.25, -0.2) is 0 Å². The largest absolute Gasteiger partial charge is 0.314 e. The van der Waals surface area contributed by atoms with E-state index < -0.39 is 0 Å². The Kier molecular flexibility index (Phi) is 3.46. The highest BCUT2D eigenvalue weighted by molar-refractivity contribution is 5.24. The molecule has 0 aliphatic heterocycles. The summed E-state index contributed by atoms with van der Waals surface area (Å²) in [6, 6.07) is 8.34. The number of rotatable bonds is 3. The second-order valence-corrected chi connectivity index (χ2v) is 3.71. The van der Waals surface area contributed by atoms with Gasteiger partial charge < -0.3 is 5.21 Å². The van der Waals surface area contributed by atoms with Crippen molar-refractivity contribution in [1.82, 2.24) is 5.06 Å². The standard InChI is InChI=1S/C11H17NO/c1-9(2)11-6-4-10(5-7-11)8-12(3)13/h4-7,9,13H,8H2,1-3H3. The van der Waals surface area contributed by atoms with Crippen molar-refractivity contribution in [1.29, 1.82) is 0 Å². The molecular weight excluding hydrogens is 162 g/mol. The summed E-state index contributed by atoms with van der Waals surface area (Å²) in [5.74, 6) is 0.570. The third kappa shape index (κ3) is 3.17. The molecule has 0 saturated carbocycles. The number of hydrogen-bond donors (Lipinski definition) is 1. The molecular formula is C11H17NO. The molecule has 0 atom stereocenters. The predicted molar refractivity (Wildman–Crippen MR) is 53.8 cm³/mol. The molecule has 0 saturated heterocycles. The quantitative estimate of drug-likeness (QED) is 0.721. The molecule has 0 bridgehead atoms. The molecule has 0 spiro atoms. The van der Waals surface area contributed by atoms with E-state index in [2.05, 4.69) is 38.1 Å². The molecule has 13 heavy (non-hydrogen) atoms. The maximum absolute atomic E-state index is 9.02. The minimum atomic E-state index is 0.570. The highest BCUT2D eigenvalue weighted by Crippen LogP contribution is 2.14. The first-order valence-electron chi connectivity index (χ1n) is 4.58. The van der Waals surface area contributed by atoms with E-state index in [0.717, 1.165) is 5.56 Å². The monoisotopic (exact) mass is 179 g/mol. The SMILES string of the molecule is CC(C)c1ccc(CN(C)O)cc1. The number of benzene rings is 1. The molecule has 0 unspecified atom stereocenters. The molecule has 0 aliphatic carbocycles. The molecule has 1 N–H and O–H groups in total. The van der Waals surface area contributed by atoms with E-state index >= 15 is 0 Å². The second-order valence-electron chi connectivity index (χ2n) is 3.71. The highest BCUT2D eigenvalue weighted by Gasteiger charge is 1.99. The lowest BCUT2D eigenvalue weighted by Gasteiger charge is -2.09. The smallest absolute Gasteiger partial charge is 0.0485 e. The minimum absolute atomic E-state index is 0.570. The molecule has 0 aromatic heterocycles. The van der Waals surface area contributed by atoms with Crippen LogP contribution in [0.25, 0.3) is 0 Å². The Balaban J connectivity index is 2.70. The van der Waals surface area contributed by atoms with E-state index in [4.69, 9.17) is 5.21 Å². The van der Waals surface area contributed by atoms with Crippen molar-refractivity contribution in [2.24, 2.45) is 0 Å². The Morgan fingerprint density at radius 3 is 2.15 bits per heavy atom. The summed E-state index contributed by atoms with van der Waals surface area (Å²) >= 11 is 0. The fourth-order valence-corrected chi connectivity index (χ4v) is 1.27. The van der Waals surface area contributed by atoms with Gasteiger partial charge in [-0.1, -0.05) is 38.1 Å². The van der Waals surface area contributed by atoms with Crippen LogP contribution in [0.1, 0.15) is 30.9 Å². The average molecular weight is 179 g/mol. The Labute approximate surface area is 79.8 Å². The van der Waals surface area contributed by atoms with Gasteiger partial charge >= 0.3 is 0 Å². The lowest BCUT2D eigenvalue weighted by atomic mass is 10.0. The van der Waals surface area contributed by atoms with Gasteiger partial charge in [-0.15, -0.1) is 0 Å². The third-order valence-electron chi connectivity index (χ3n) is 2.06. The summed E-state index contributed by atoms with van der Waals surface area (Å²) in [5.41, 5.74) is 2.47. The third-order valence-corrected chi connectivity index (χ3v) is 2.06. The summed E-state index contributed by atoms with van der Waals surface area (Å²) in [4.78, 5) is 0. The van der Waals surface area contributed by atoms with Crippen molar-refractivity contribution < 1.29 is 5.21 Å². The van der Waals surface area contributed by atoms with Crippen LogP contribution in [-0.2, 0) is 6.54 Å². The van der Waals surface area contributed by atoms with Crippen LogP contribution in [0.5, 0.6) is 0 Å².